The fourth-order valence-corrected chi connectivity index (χ4v) is 0.964. The fraction of sp³-hybridized carbons (Fsp3) is 0.300. The highest BCUT2D eigenvalue weighted by Gasteiger charge is 1.95. The average molecular weight is 195 g/mol. The van der Waals surface area contributed by atoms with Gasteiger partial charge in [-0.1, -0.05) is 12.1 Å². The topological polar surface area (TPSA) is 47.6 Å². The number of hydrogen-bond acceptors (Lipinski definition) is 4. The van der Waals surface area contributed by atoms with E-state index < -0.39 is 0 Å². The Hall–Kier alpha value is -1.55. The van der Waals surface area contributed by atoms with Gasteiger partial charge < -0.3 is 9.57 Å². The van der Waals surface area contributed by atoms with E-state index in [1.807, 2.05) is 24.3 Å². The first-order chi connectivity index (χ1) is 6.72. The maximum Gasteiger partial charge on any atom is 0.321 e. The van der Waals surface area contributed by atoms with Crippen LogP contribution < -0.4 is 10.2 Å². The van der Waals surface area contributed by atoms with Crippen LogP contribution in [-0.4, -0.2) is 13.1 Å². The molecule has 0 aliphatic heterocycles. The predicted octanol–water partition coefficient (Wildman–Crippen LogP) is 1.26. The molecule has 0 aliphatic carbocycles. The first-order valence-electron chi connectivity index (χ1n) is 4.25. The summed E-state index contributed by atoms with van der Waals surface area (Å²) in [6, 6.07) is 7.50. The SMILES string of the molecule is COc1ccc(CNOC(C)=O)cc1. The molecule has 4 nitrogen and oxygen atoms in total. The van der Waals surface area contributed by atoms with E-state index in [9.17, 15) is 4.79 Å². The molecule has 0 unspecified atom stereocenters. The monoisotopic (exact) mass is 195 g/mol. The summed E-state index contributed by atoms with van der Waals surface area (Å²) in [5, 5.41) is 0. The number of hydrogen-bond donors (Lipinski definition) is 1. The van der Waals surface area contributed by atoms with Crippen LogP contribution in [-0.2, 0) is 16.2 Å². The van der Waals surface area contributed by atoms with Crippen molar-refractivity contribution in [3.8, 4) is 5.75 Å². The molecule has 0 heterocycles. The van der Waals surface area contributed by atoms with E-state index in [2.05, 4.69) is 10.3 Å². The molecule has 0 fully saturated rings. The van der Waals surface area contributed by atoms with Gasteiger partial charge in [-0.05, 0) is 17.7 Å². The van der Waals surface area contributed by atoms with Gasteiger partial charge in [-0.15, -0.1) is 5.48 Å². The molecule has 0 amide bonds. The predicted molar refractivity (Wildman–Crippen MR) is 51.6 cm³/mol. The molecule has 0 radical (unpaired) electrons. The zero-order chi connectivity index (χ0) is 10.4. The molecule has 0 atom stereocenters. The Bertz CT molecular complexity index is 295. The minimum absolute atomic E-state index is 0.349. The van der Waals surface area contributed by atoms with E-state index in [0.717, 1.165) is 11.3 Å². The summed E-state index contributed by atoms with van der Waals surface area (Å²) in [6.07, 6.45) is 0. The lowest BCUT2D eigenvalue weighted by Gasteiger charge is -2.04. The van der Waals surface area contributed by atoms with E-state index >= 15 is 0 Å². The van der Waals surface area contributed by atoms with E-state index in [-0.39, 0.29) is 5.97 Å². The second-order valence-electron chi connectivity index (χ2n) is 2.76. The van der Waals surface area contributed by atoms with Gasteiger partial charge in [0.15, 0.2) is 0 Å². The third-order valence-electron chi connectivity index (χ3n) is 1.65. The van der Waals surface area contributed by atoms with E-state index in [4.69, 9.17) is 4.74 Å². The minimum Gasteiger partial charge on any atom is -0.497 e. The van der Waals surface area contributed by atoms with Crippen molar-refractivity contribution in [2.24, 2.45) is 0 Å². The molecule has 0 saturated heterocycles. The standard InChI is InChI=1S/C10H13NO3/c1-8(12)14-11-7-9-3-5-10(13-2)6-4-9/h3-6,11H,7H2,1-2H3. The minimum atomic E-state index is -0.349. The molecule has 0 bridgehead atoms. The third-order valence-corrected chi connectivity index (χ3v) is 1.65. The van der Waals surface area contributed by atoms with Crippen LogP contribution >= 0.6 is 0 Å². The maximum atomic E-state index is 10.4. The number of nitrogens with one attached hydrogen (secondary N) is 1. The van der Waals surface area contributed by atoms with Gasteiger partial charge in [-0.3, -0.25) is 4.79 Å². The lowest BCUT2D eigenvalue weighted by atomic mass is 10.2. The largest absolute Gasteiger partial charge is 0.497 e. The molecule has 0 aliphatic rings. The summed E-state index contributed by atoms with van der Waals surface area (Å²) in [6.45, 7) is 1.84. The number of methoxy groups -OCH3 is 1. The Balaban J connectivity index is 2.40. The first-order valence-corrected chi connectivity index (χ1v) is 4.25. The van der Waals surface area contributed by atoms with Crippen molar-refractivity contribution >= 4 is 5.97 Å². The molecule has 76 valence electrons. The summed E-state index contributed by atoms with van der Waals surface area (Å²) >= 11 is 0. The normalized spacial score (nSPS) is 9.57. The molecule has 1 rings (SSSR count). The van der Waals surface area contributed by atoms with Gasteiger partial charge in [0.2, 0.25) is 0 Å². The van der Waals surface area contributed by atoms with Crippen LogP contribution in [0.2, 0.25) is 0 Å². The van der Waals surface area contributed by atoms with Gasteiger partial charge in [0.25, 0.3) is 0 Å². The van der Waals surface area contributed by atoms with E-state index in [1.54, 1.807) is 7.11 Å². The van der Waals surface area contributed by atoms with Gasteiger partial charge in [0.05, 0.1) is 13.7 Å². The number of rotatable bonds is 4. The lowest BCUT2D eigenvalue weighted by Crippen LogP contribution is -2.17. The van der Waals surface area contributed by atoms with Crippen molar-refractivity contribution in [1.29, 1.82) is 0 Å². The van der Waals surface area contributed by atoms with Crippen LogP contribution in [0.25, 0.3) is 0 Å². The van der Waals surface area contributed by atoms with Crippen LogP contribution in [0.3, 0.4) is 0 Å². The van der Waals surface area contributed by atoms with E-state index in [0.29, 0.717) is 6.54 Å². The van der Waals surface area contributed by atoms with Crippen LogP contribution in [0.1, 0.15) is 12.5 Å². The molecule has 14 heavy (non-hydrogen) atoms. The second-order valence-corrected chi connectivity index (χ2v) is 2.76. The molecule has 1 N–H and O–H groups in total. The van der Waals surface area contributed by atoms with Gasteiger partial charge in [-0.2, -0.15) is 0 Å². The highest BCUT2D eigenvalue weighted by molar-refractivity contribution is 5.65. The molecular weight excluding hydrogens is 182 g/mol. The van der Waals surface area contributed by atoms with Crippen LogP contribution in [0.4, 0.5) is 0 Å². The number of benzene rings is 1. The maximum absolute atomic E-state index is 10.4. The van der Waals surface area contributed by atoms with Gasteiger partial charge in [0.1, 0.15) is 5.75 Å². The number of hydroxylamine groups is 1. The van der Waals surface area contributed by atoms with Gasteiger partial charge in [0, 0.05) is 6.92 Å². The number of carbonyl (C=O) groups excluding carboxylic acids is 1. The van der Waals surface area contributed by atoms with Crippen LogP contribution in [0.5, 0.6) is 5.75 Å². The summed E-state index contributed by atoms with van der Waals surface area (Å²) in [5.74, 6) is 0.458. The number of ether oxygens (including phenoxy) is 1. The summed E-state index contributed by atoms with van der Waals surface area (Å²) in [4.78, 5) is 15.0. The Morgan fingerprint density at radius 3 is 2.50 bits per heavy atom. The Morgan fingerprint density at radius 2 is 2.00 bits per heavy atom. The molecule has 0 saturated carbocycles. The molecule has 1 aromatic rings. The molecular formula is C10H13NO3. The summed E-state index contributed by atoms with van der Waals surface area (Å²) in [5.41, 5.74) is 3.57. The Labute approximate surface area is 82.8 Å². The number of carbonyl (C=O) groups is 1. The van der Waals surface area contributed by atoms with Crippen molar-refractivity contribution in [2.75, 3.05) is 7.11 Å². The van der Waals surface area contributed by atoms with Gasteiger partial charge >= 0.3 is 5.97 Å². The van der Waals surface area contributed by atoms with Crippen molar-refractivity contribution in [3.05, 3.63) is 29.8 Å². The Morgan fingerprint density at radius 1 is 1.36 bits per heavy atom. The second kappa shape index (κ2) is 5.24. The Kier molecular flexibility index (Phi) is 3.94. The molecule has 1 aromatic carbocycles. The molecule has 0 spiro atoms. The highest BCUT2D eigenvalue weighted by atomic mass is 16.7. The molecule has 4 heteroatoms. The smallest absolute Gasteiger partial charge is 0.321 e. The van der Waals surface area contributed by atoms with Crippen molar-refractivity contribution in [2.45, 2.75) is 13.5 Å². The van der Waals surface area contributed by atoms with Crippen LogP contribution in [0, 0.1) is 0 Å². The highest BCUT2D eigenvalue weighted by Crippen LogP contribution is 2.10. The third kappa shape index (κ3) is 3.45. The van der Waals surface area contributed by atoms with Crippen molar-refractivity contribution in [1.82, 2.24) is 5.48 Å². The van der Waals surface area contributed by atoms with Crippen molar-refractivity contribution in [3.63, 3.8) is 0 Å². The lowest BCUT2D eigenvalue weighted by molar-refractivity contribution is -0.148. The zero-order valence-electron chi connectivity index (χ0n) is 8.24. The summed E-state index contributed by atoms with van der Waals surface area (Å²) < 4.78 is 5.01. The van der Waals surface area contributed by atoms with Gasteiger partial charge in [-0.25, -0.2) is 0 Å². The summed E-state index contributed by atoms with van der Waals surface area (Å²) in [7, 11) is 1.62. The molecule has 0 aromatic heterocycles. The fourth-order valence-electron chi connectivity index (χ4n) is 0.964. The average Bonchev–Trinajstić information content (AvgIpc) is 2.18. The quantitative estimate of drug-likeness (QED) is 0.735. The zero-order valence-corrected chi connectivity index (χ0v) is 8.24. The van der Waals surface area contributed by atoms with Crippen molar-refractivity contribution < 1.29 is 14.4 Å². The first kappa shape index (κ1) is 10.5. The van der Waals surface area contributed by atoms with Crippen LogP contribution in [0.15, 0.2) is 24.3 Å². The van der Waals surface area contributed by atoms with E-state index in [1.165, 1.54) is 6.92 Å².